The van der Waals surface area contributed by atoms with Gasteiger partial charge in [-0.3, -0.25) is 0 Å². The summed E-state index contributed by atoms with van der Waals surface area (Å²) in [7, 11) is 0. The Kier molecular flexibility index (Phi) is 3.74. The maximum absolute atomic E-state index is 6.33. The molecule has 0 saturated heterocycles. The first-order chi connectivity index (χ1) is 9.24. The third kappa shape index (κ3) is 2.76. The predicted molar refractivity (Wildman–Crippen MR) is 77.5 cm³/mol. The van der Waals surface area contributed by atoms with Gasteiger partial charge in [0.2, 0.25) is 0 Å². The zero-order valence-electron chi connectivity index (χ0n) is 11.2. The number of rotatable bonds is 2. The van der Waals surface area contributed by atoms with Crippen LogP contribution in [0, 0.1) is 5.92 Å². The first-order valence-electron chi connectivity index (χ1n) is 7.10. The van der Waals surface area contributed by atoms with E-state index in [1.54, 1.807) is 0 Å². The van der Waals surface area contributed by atoms with Gasteiger partial charge in [0.05, 0.1) is 10.7 Å². The second-order valence-corrected chi connectivity index (χ2v) is 5.90. The smallest absolute Gasteiger partial charge is 0.163 e. The molecule has 104 valence electrons. The van der Waals surface area contributed by atoms with Crippen molar-refractivity contribution in [3.8, 4) is 11.5 Å². The van der Waals surface area contributed by atoms with Crippen molar-refractivity contribution in [3.63, 3.8) is 0 Å². The van der Waals surface area contributed by atoms with Gasteiger partial charge in [-0.15, -0.1) is 0 Å². The Morgan fingerprint density at radius 1 is 1.11 bits per heavy atom. The van der Waals surface area contributed by atoms with Crippen LogP contribution in [0.15, 0.2) is 12.1 Å². The number of anilines is 1. The number of hydrogen-bond acceptors (Lipinski definition) is 3. The van der Waals surface area contributed by atoms with Crippen LogP contribution >= 0.6 is 11.6 Å². The van der Waals surface area contributed by atoms with E-state index in [0.717, 1.165) is 17.2 Å². The van der Waals surface area contributed by atoms with Crippen molar-refractivity contribution < 1.29 is 9.47 Å². The van der Waals surface area contributed by atoms with Crippen LogP contribution in [0.1, 0.15) is 32.6 Å². The quantitative estimate of drug-likeness (QED) is 0.885. The first-order valence-corrected chi connectivity index (χ1v) is 7.47. The standard InChI is InChI=1S/C15H20ClNO2/c1-10-4-2-3-5-12(10)17-13-9-15-14(8-11(13)16)18-6-7-19-15/h8-10,12,17H,2-7H2,1H3. The molecule has 3 nitrogen and oxygen atoms in total. The number of benzene rings is 1. The highest BCUT2D eigenvalue weighted by molar-refractivity contribution is 6.33. The topological polar surface area (TPSA) is 30.5 Å². The SMILES string of the molecule is CC1CCCCC1Nc1cc2c(cc1Cl)OCCO2. The minimum atomic E-state index is 0.508. The third-order valence-electron chi connectivity index (χ3n) is 4.08. The molecule has 0 bridgehead atoms. The van der Waals surface area contributed by atoms with Gasteiger partial charge in [0, 0.05) is 18.2 Å². The number of ether oxygens (including phenoxy) is 2. The molecule has 1 heterocycles. The average molecular weight is 282 g/mol. The highest BCUT2D eigenvalue weighted by Crippen LogP contribution is 2.39. The van der Waals surface area contributed by atoms with Gasteiger partial charge >= 0.3 is 0 Å². The van der Waals surface area contributed by atoms with Gasteiger partial charge in [0.25, 0.3) is 0 Å². The highest BCUT2D eigenvalue weighted by atomic mass is 35.5. The largest absolute Gasteiger partial charge is 0.486 e. The molecule has 1 aromatic carbocycles. The van der Waals surface area contributed by atoms with Crippen LogP contribution < -0.4 is 14.8 Å². The fourth-order valence-electron chi connectivity index (χ4n) is 2.91. The second-order valence-electron chi connectivity index (χ2n) is 5.49. The lowest BCUT2D eigenvalue weighted by molar-refractivity contribution is 0.171. The van der Waals surface area contributed by atoms with Gasteiger partial charge < -0.3 is 14.8 Å². The molecule has 0 aromatic heterocycles. The van der Waals surface area contributed by atoms with Crippen LogP contribution in [0.25, 0.3) is 0 Å². The molecule has 1 aliphatic heterocycles. The molecule has 19 heavy (non-hydrogen) atoms. The predicted octanol–water partition coefficient (Wildman–Crippen LogP) is 4.10. The second kappa shape index (κ2) is 5.49. The van der Waals surface area contributed by atoms with Gasteiger partial charge in [-0.25, -0.2) is 0 Å². The molecule has 3 rings (SSSR count). The summed E-state index contributed by atoms with van der Waals surface area (Å²) >= 11 is 6.33. The van der Waals surface area contributed by atoms with E-state index in [1.165, 1.54) is 25.7 Å². The Labute approximate surface area is 119 Å². The summed E-state index contributed by atoms with van der Waals surface area (Å²) in [5.74, 6) is 2.23. The van der Waals surface area contributed by atoms with Crippen LogP contribution in [-0.4, -0.2) is 19.3 Å². The minimum Gasteiger partial charge on any atom is -0.486 e. The maximum Gasteiger partial charge on any atom is 0.163 e. The Morgan fingerprint density at radius 2 is 1.79 bits per heavy atom. The molecule has 1 aliphatic carbocycles. The summed E-state index contributed by atoms with van der Waals surface area (Å²) < 4.78 is 11.1. The number of nitrogens with one attached hydrogen (secondary N) is 1. The van der Waals surface area contributed by atoms with E-state index in [1.807, 2.05) is 12.1 Å². The zero-order chi connectivity index (χ0) is 13.2. The van der Waals surface area contributed by atoms with E-state index in [9.17, 15) is 0 Å². The Morgan fingerprint density at radius 3 is 2.53 bits per heavy atom. The molecule has 0 amide bonds. The fraction of sp³-hybridized carbons (Fsp3) is 0.600. The normalized spacial score (nSPS) is 26.0. The lowest BCUT2D eigenvalue weighted by atomic mass is 9.86. The van der Waals surface area contributed by atoms with Gasteiger partial charge in [0.1, 0.15) is 13.2 Å². The number of hydrogen-bond donors (Lipinski definition) is 1. The summed E-state index contributed by atoms with van der Waals surface area (Å²) in [6.45, 7) is 3.51. The van der Waals surface area contributed by atoms with Crippen LogP contribution in [0.3, 0.4) is 0 Å². The molecule has 1 saturated carbocycles. The van der Waals surface area contributed by atoms with Crippen molar-refractivity contribution in [2.24, 2.45) is 5.92 Å². The molecule has 1 N–H and O–H groups in total. The lowest BCUT2D eigenvalue weighted by Crippen LogP contribution is -2.30. The Balaban J connectivity index is 1.80. The summed E-state index contributed by atoms with van der Waals surface area (Å²) in [4.78, 5) is 0. The van der Waals surface area contributed by atoms with E-state index >= 15 is 0 Å². The van der Waals surface area contributed by atoms with E-state index in [0.29, 0.717) is 30.2 Å². The Hall–Kier alpha value is -1.09. The van der Waals surface area contributed by atoms with E-state index in [4.69, 9.17) is 21.1 Å². The van der Waals surface area contributed by atoms with Crippen LogP contribution in [-0.2, 0) is 0 Å². The van der Waals surface area contributed by atoms with Crippen molar-refractivity contribution in [2.45, 2.75) is 38.6 Å². The van der Waals surface area contributed by atoms with E-state index < -0.39 is 0 Å². The third-order valence-corrected chi connectivity index (χ3v) is 4.40. The zero-order valence-corrected chi connectivity index (χ0v) is 12.0. The monoisotopic (exact) mass is 281 g/mol. The number of halogens is 1. The van der Waals surface area contributed by atoms with Gasteiger partial charge in [-0.2, -0.15) is 0 Å². The van der Waals surface area contributed by atoms with E-state index in [2.05, 4.69) is 12.2 Å². The van der Waals surface area contributed by atoms with Crippen molar-refractivity contribution in [1.29, 1.82) is 0 Å². The average Bonchev–Trinajstić information content (AvgIpc) is 2.42. The van der Waals surface area contributed by atoms with Gasteiger partial charge in [-0.05, 0) is 18.8 Å². The molecule has 0 radical (unpaired) electrons. The lowest BCUT2D eigenvalue weighted by Gasteiger charge is -2.31. The van der Waals surface area contributed by atoms with Crippen LogP contribution in [0.5, 0.6) is 11.5 Å². The summed E-state index contributed by atoms with van der Waals surface area (Å²) in [5.41, 5.74) is 0.963. The maximum atomic E-state index is 6.33. The molecule has 4 heteroatoms. The van der Waals surface area contributed by atoms with Crippen LogP contribution in [0.2, 0.25) is 5.02 Å². The molecule has 2 atom stereocenters. The molecular formula is C15H20ClNO2. The first kappa shape index (κ1) is 12.9. The van der Waals surface area contributed by atoms with Crippen molar-refractivity contribution in [2.75, 3.05) is 18.5 Å². The molecule has 1 aromatic rings. The molecule has 2 unspecified atom stereocenters. The molecule has 2 aliphatic rings. The highest BCUT2D eigenvalue weighted by Gasteiger charge is 2.23. The summed E-state index contributed by atoms with van der Waals surface area (Å²) in [5, 5.41) is 4.29. The Bertz CT molecular complexity index is 464. The molecular weight excluding hydrogens is 262 g/mol. The summed E-state index contributed by atoms with van der Waals surface area (Å²) in [6.07, 6.45) is 5.14. The molecule has 0 spiro atoms. The number of fused-ring (bicyclic) bond motifs is 1. The molecule has 1 fully saturated rings. The van der Waals surface area contributed by atoms with Crippen LogP contribution in [0.4, 0.5) is 5.69 Å². The van der Waals surface area contributed by atoms with Gasteiger partial charge in [-0.1, -0.05) is 31.4 Å². The van der Waals surface area contributed by atoms with Crippen molar-refractivity contribution >= 4 is 17.3 Å². The van der Waals surface area contributed by atoms with Crippen molar-refractivity contribution in [3.05, 3.63) is 17.2 Å². The van der Waals surface area contributed by atoms with Gasteiger partial charge in [0.15, 0.2) is 11.5 Å². The van der Waals surface area contributed by atoms with E-state index in [-0.39, 0.29) is 0 Å². The minimum absolute atomic E-state index is 0.508. The summed E-state index contributed by atoms with van der Waals surface area (Å²) in [6, 6.07) is 4.33. The van der Waals surface area contributed by atoms with Crippen molar-refractivity contribution in [1.82, 2.24) is 0 Å². The fourth-order valence-corrected chi connectivity index (χ4v) is 3.11.